The summed E-state index contributed by atoms with van der Waals surface area (Å²) in [4.78, 5) is 22.7. The molecule has 0 heterocycles. The fourth-order valence-electron chi connectivity index (χ4n) is 1.57. The minimum absolute atomic E-state index is 0.0948. The van der Waals surface area contributed by atoms with Crippen LogP contribution >= 0.6 is 0 Å². The smallest absolute Gasteiger partial charge is 0.326 e. The summed E-state index contributed by atoms with van der Waals surface area (Å²) in [7, 11) is 0. The Morgan fingerprint density at radius 3 is 2.53 bits per heavy atom. The highest BCUT2D eigenvalue weighted by Crippen LogP contribution is 2.10. The third-order valence-electron chi connectivity index (χ3n) is 2.70. The first-order chi connectivity index (χ1) is 8.95. The Labute approximate surface area is 111 Å². The highest BCUT2D eigenvalue weighted by Gasteiger charge is 2.22. The predicted molar refractivity (Wildman–Crippen MR) is 69.3 cm³/mol. The maximum absolute atomic E-state index is 11.6. The van der Waals surface area contributed by atoms with Crippen molar-refractivity contribution in [2.75, 3.05) is 0 Å². The molecule has 19 heavy (non-hydrogen) atoms. The molecule has 0 bridgehead atoms. The quantitative estimate of drug-likeness (QED) is 0.835. The van der Waals surface area contributed by atoms with Crippen molar-refractivity contribution in [3.05, 3.63) is 35.4 Å². The summed E-state index contributed by atoms with van der Waals surface area (Å²) in [6, 6.07) is 7.75. The number of carbonyl (C=O) groups is 2. The lowest BCUT2D eigenvalue weighted by atomic mass is 10.0. The molecule has 0 aromatic heterocycles. The van der Waals surface area contributed by atoms with E-state index in [1.807, 2.05) is 6.07 Å². The van der Waals surface area contributed by atoms with Crippen LogP contribution in [0, 0.1) is 17.2 Å². The molecule has 0 radical (unpaired) electrons. The summed E-state index contributed by atoms with van der Waals surface area (Å²) in [5.41, 5.74) is 1.04. The van der Waals surface area contributed by atoms with Crippen molar-refractivity contribution in [1.82, 2.24) is 5.32 Å². The van der Waals surface area contributed by atoms with E-state index in [2.05, 4.69) is 5.32 Å². The van der Waals surface area contributed by atoms with Gasteiger partial charge < -0.3 is 10.4 Å². The summed E-state index contributed by atoms with van der Waals surface area (Å²) < 4.78 is 0. The number of carbonyl (C=O) groups excluding carboxylic acids is 1. The molecule has 1 aromatic carbocycles. The lowest BCUT2D eigenvalue weighted by Crippen LogP contribution is -2.44. The highest BCUT2D eigenvalue weighted by atomic mass is 16.4. The van der Waals surface area contributed by atoms with Gasteiger partial charge in [0, 0.05) is 12.3 Å². The molecule has 1 rings (SSSR count). The highest BCUT2D eigenvalue weighted by molar-refractivity contribution is 5.84. The van der Waals surface area contributed by atoms with Crippen LogP contribution in [-0.2, 0) is 16.0 Å². The van der Waals surface area contributed by atoms with Crippen LogP contribution in [-0.4, -0.2) is 23.0 Å². The number of rotatable bonds is 5. The third-order valence-corrected chi connectivity index (χ3v) is 2.70. The van der Waals surface area contributed by atoms with E-state index in [-0.39, 0.29) is 18.2 Å². The van der Waals surface area contributed by atoms with Crippen LogP contribution in [0.1, 0.15) is 25.0 Å². The standard InChI is InChI=1S/C14H16N2O3/c1-9(2)13(17)16-12(14(18)19)7-10-5-3-4-6-11(10)8-15/h3-6,9,12H,7H2,1-2H3,(H,16,17)(H,18,19)/t12-/m0/s1. The van der Waals surface area contributed by atoms with Gasteiger partial charge in [-0.25, -0.2) is 4.79 Å². The largest absolute Gasteiger partial charge is 0.480 e. The third kappa shape index (κ3) is 4.11. The number of carboxylic acids is 1. The van der Waals surface area contributed by atoms with Crippen molar-refractivity contribution in [2.24, 2.45) is 5.92 Å². The van der Waals surface area contributed by atoms with Gasteiger partial charge in [0.15, 0.2) is 0 Å². The molecule has 0 unspecified atom stereocenters. The van der Waals surface area contributed by atoms with Gasteiger partial charge >= 0.3 is 5.97 Å². The summed E-state index contributed by atoms with van der Waals surface area (Å²) in [5, 5.41) is 20.6. The number of hydrogen-bond donors (Lipinski definition) is 2. The molecular formula is C14H16N2O3. The van der Waals surface area contributed by atoms with E-state index in [4.69, 9.17) is 10.4 Å². The van der Waals surface area contributed by atoms with Crippen LogP contribution in [0.3, 0.4) is 0 Å². The molecule has 0 saturated heterocycles. The van der Waals surface area contributed by atoms with E-state index < -0.39 is 12.0 Å². The molecule has 0 saturated carbocycles. The Morgan fingerprint density at radius 2 is 2.00 bits per heavy atom. The molecule has 100 valence electrons. The number of nitrogens with one attached hydrogen (secondary N) is 1. The zero-order valence-electron chi connectivity index (χ0n) is 10.9. The normalized spacial score (nSPS) is 11.7. The van der Waals surface area contributed by atoms with Crippen molar-refractivity contribution in [3.63, 3.8) is 0 Å². The first-order valence-corrected chi connectivity index (χ1v) is 5.97. The van der Waals surface area contributed by atoms with Gasteiger partial charge in [0.2, 0.25) is 5.91 Å². The van der Waals surface area contributed by atoms with Crippen LogP contribution in [0.15, 0.2) is 24.3 Å². The summed E-state index contributed by atoms with van der Waals surface area (Å²) in [5.74, 6) is -1.71. The lowest BCUT2D eigenvalue weighted by Gasteiger charge is -2.16. The van der Waals surface area contributed by atoms with E-state index >= 15 is 0 Å². The van der Waals surface area contributed by atoms with Crippen LogP contribution in [0.25, 0.3) is 0 Å². The number of amides is 1. The minimum Gasteiger partial charge on any atom is -0.480 e. The first-order valence-electron chi connectivity index (χ1n) is 5.97. The molecule has 1 aromatic rings. The molecule has 0 spiro atoms. The molecule has 0 fully saturated rings. The van der Waals surface area contributed by atoms with Gasteiger partial charge in [-0.05, 0) is 11.6 Å². The number of benzene rings is 1. The number of aliphatic carboxylic acids is 1. The minimum atomic E-state index is -1.11. The summed E-state index contributed by atoms with van der Waals surface area (Å²) >= 11 is 0. The van der Waals surface area contributed by atoms with Crippen molar-refractivity contribution in [3.8, 4) is 6.07 Å². The van der Waals surface area contributed by atoms with Gasteiger partial charge in [0.25, 0.3) is 0 Å². The van der Waals surface area contributed by atoms with Crippen LogP contribution < -0.4 is 5.32 Å². The average molecular weight is 260 g/mol. The number of nitriles is 1. The molecular weight excluding hydrogens is 244 g/mol. The molecule has 1 amide bonds. The zero-order chi connectivity index (χ0) is 14.4. The van der Waals surface area contributed by atoms with Gasteiger partial charge in [-0.3, -0.25) is 4.79 Å². The maximum Gasteiger partial charge on any atom is 0.326 e. The van der Waals surface area contributed by atoms with Gasteiger partial charge in [-0.1, -0.05) is 32.0 Å². The van der Waals surface area contributed by atoms with Gasteiger partial charge in [-0.15, -0.1) is 0 Å². The summed E-state index contributed by atoms with van der Waals surface area (Å²) in [6.45, 7) is 3.38. The van der Waals surface area contributed by atoms with Crippen molar-refractivity contribution >= 4 is 11.9 Å². The molecule has 0 aliphatic carbocycles. The van der Waals surface area contributed by atoms with Crippen LogP contribution in [0.2, 0.25) is 0 Å². The van der Waals surface area contributed by atoms with Crippen LogP contribution in [0.5, 0.6) is 0 Å². The Morgan fingerprint density at radius 1 is 1.37 bits per heavy atom. The van der Waals surface area contributed by atoms with E-state index in [1.54, 1.807) is 38.1 Å². The van der Waals surface area contributed by atoms with Crippen molar-refractivity contribution < 1.29 is 14.7 Å². The predicted octanol–water partition coefficient (Wildman–Crippen LogP) is 1.33. The van der Waals surface area contributed by atoms with Gasteiger partial charge in [0.1, 0.15) is 6.04 Å². The van der Waals surface area contributed by atoms with Crippen LogP contribution in [0.4, 0.5) is 0 Å². The van der Waals surface area contributed by atoms with Crippen molar-refractivity contribution in [2.45, 2.75) is 26.3 Å². The number of nitrogens with zero attached hydrogens (tertiary/aromatic N) is 1. The molecule has 5 heteroatoms. The summed E-state index contributed by atoms with van der Waals surface area (Å²) in [6.07, 6.45) is 0.0948. The van der Waals surface area contributed by atoms with Gasteiger partial charge in [0.05, 0.1) is 11.6 Å². The Bertz CT molecular complexity index is 518. The topological polar surface area (TPSA) is 90.2 Å². The van der Waals surface area contributed by atoms with E-state index in [0.717, 1.165) is 0 Å². The van der Waals surface area contributed by atoms with Crippen molar-refractivity contribution in [1.29, 1.82) is 5.26 Å². The van der Waals surface area contributed by atoms with E-state index in [1.165, 1.54) is 0 Å². The fraction of sp³-hybridized carbons (Fsp3) is 0.357. The average Bonchev–Trinajstić information content (AvgIpc) is 2.38. The molecule has 0 aliphatic rings. The van der Waals surface area contributed by atoms with E-state index in [9.17, 15) is 9.59 Å². The first kappa shape index (κ1) is 14.7. The Kier molecular flexibility index (Phi) is 5.07. The van der Waals surface area contributed by atoms with E-state index in [0.29, 0.717) is 11.1 Å². The Balaban J connectivity index is 2.88. The second-order valence-electron chi connectivity index (χ2n) is 4.53. The molecule has 1 atom stereocenters. The second-order valence-corrected chi connectivity index (χ2v) is 4.53. The monoisotopic (exact) mass is 260 g/mol. The lowest BCUT2D eigenvalue weighted by molar-refractivity contribution is -0.142. The van der Waals surface area contributed by atoms with Gasteiger partial charge in [-0.2, -0.15) is 5.26 Å². The molecule has 2 N–H and O–H groups in total. The zero-order valence-corrected chi connectivity index (χ0v) is 10.9. The second kappa shape index (κ2) is 6.55. The fourth-order valence-corrected chi connectivity index (χ4v) is 1.57. The molecule has 5 nitrogen and oxygen atoms in total. The number of hydrogen-bond acceptors (Lipinski definition) is 3. The maximum atomic E-state index is 11.6. The molecule has 0 aliphatic heterocycles. The number of carboxylic acid groups (broad SMARTS) is 1. The Hall–Kier alpha value is -2.35. The SMILES string of the molecule is CC(C)C(=O)N[C@@H](Cc1ccccc1C#N)C(=O)O.